The predicted molar refractivity (Wildman–Crippen MR) is 86.3 cm³/mol. The van der Waals surface area contributed by atoms with E-state index in [1.807, 2.05) is 30.3 Å². The summed E-state index contributed by atoms with van der Waals surface area (Å²) in [6.45, 7) is 4.68. The monoisotopic (exact) mass is 287 g/mol. The predicted octanol–water partition coefficient (Wildman–Crippen LogP) is 3.88. The van der Waals surface area contributed by atoms with E-state index >= 15 is 0 Å². The van der Waals surface area contributed by atoms with Gasteiger partial charge in [0, 0.05) is 10.7 Å². The number of aryl methyl sites for hydroxylation is 2. The third kappa shape index (κ3) is 4.00. The topological polar surface area (TPSA) is 50.4 Å². The number of benzene rings is 2. The Kier molecular flexibility index (Phi) is 4.64. The minimum absolute atomic E-state index is 0.406. The second-order valence-electron chi connectivity index (χ2n) is 4.75. The molecule has 0 atom stereocenters. The number of aliphatic imine (C=N–C) groups is 1. The molecule has 0 amide bonds. The number of nitrogens with zero attached hydrogens (tertiary/aromatic N) is 1. The first-order chi connectivity index (χ1) is 9.54. The van der Waals surface area contributed by atoms with Crippen LogP contribution in [0.4, 0.5) is 5.69 Å². The molecular weight excluding hydrogens is 270 g/mol. The van der Waals surface area contributed by atoms with Gasteiger partial charge in [-0.3, -0.25) is 0 Å². The minimum Gasteiger partial charge on any atom is -0.370 e. The van der Waals surface area contributed by atoms with Gasteiger partial charge in [-0.05, 0) is 54.8 Å². The molecular formula is C16H18ClN3. The molecule has 4 heteroatoms. The highest BCUT2D eigenvalue weighted by Gasteiger charge is 1.98. The summed E-state index contributed by atoms with van der Waals surface area (Å²) in [4.78, 5) is 4.31. The molecule has 0 heterocycles. The second kappa shape index (κ2) is 6.44. The van der Waals surface area contributed by atoms with Crippen LogP contribution in [0.25, 0.3) is 0 Å². The van der Waals surface area contributed by atoms with Crippen LogP contribution in [0.5, 0.6) is 0 Å². The Bertz CT molecular complexity index is 618. The molecule has 0 unspecified atom stereocenters. The van der Waals surface area contributed by atoms with Crippen molar-refractivity contribution in [2.24, 2.45) is 10.7 Å². The van der Waals surface area contributed by atoms with E-state index in [2.05, 4.69) is 36.3 Å². The zero-order valence-corrected chi connectivity index (χ0v) is 12.4. The van der Waals surface area contributed by atoms with E-state index in [9.17, 15) is 0 Å². The first kappa shape index (κ1) is 14.4. The Labute approximate surface area is 124 Å². The van der Waals surface area contributed by atoms with Crippen molar-refractivity contribution in [2.75, 3.05) is 5.32 Å². The van der Waals surface area contributed by atoms with E-state index in [-0.39, 0.29) is 0 Å². The van der Waals surface area contributed by atoms with Crippen molar-refractivity contribution >= 4 is 23.2 Å². The summed E-state index contributed by atoms with van der Waals surface area (Å²) in [5, 5.41) is 3.81. The average molecular weight is 288 g/mol. The zero-order chi connectivity index (χ0) is 14.5. The van der Waals surface area contributed by atoms with Crippen LogP contribution in [0.3, 0.4) is 0 Å². The number of hydrogen-bond acceptors (Lipinski definition) is 1. The molecule has 0 fully saturated rings. The molecule has 0 saturated carbocycles. The maximum atomic E-state index is 5.88. The molecule has 104 valence electrons. The van der Waals surface area contributed by atoms with Crippen LogP contribution >= 0.6 is 11.6 Å². The van der Waals surface area contributed by atoms with Gasteiger partial charge in [-0.15, -0.1) is 0 Å². The molecule has 0 aliphatic rings. The van der Waals surface area contributed by atoms with E-state index in [0.29, 0.717) is 12.5 Å². The summed E-state index contributed by atoms with van der Waals surface area (Å²) < 4.78 is 0. The highest BCUT2D eigenvalue weighted by molar-refractivity contribution is 6.30. The average Bonchev–Trinajstić information content (AvgIpc) is 2.42. The summed E-state index contributed by atoms with van der Waals surface area (Å²) in [6.07, 6.45) is 0. The smallest absolute Gasteiger partial charge is 0.193 e. The summed E-state index contributed by atoms with van der Waals surface area (Å²) in [6, 6.07) is 13.7. The lowest BCUT2D eigenvalue weighted by Gasteiger charge is -2.08. The molecule has 3 N–H and O–H groups in total. The maximum Gasteiger partial charge on any atom is 0.193 e. The van der Waals surface area contributed by atoms with Gasteiger partial charge < -0.3 is 11.1 Å². The van der Waals surface area contributed by atoms with E-state index in [0.717, 1.165) is 16.3 Å². The molecule has 0 saturated heterocycles. The van der Waals surface area contributed by atoms with Crippen molar-refractivity contribution < 1.29 is 0 Å². The first-order valence-electron chi connectivity index (χ1n) is 6.43. The number of hydrogen-bond donors (Lipinski definition) is 2. The standard InChI is InChI=1S/C16H18ClN3/c1-11-3-8-15(9-12(11)2)20-16(18)19-10-13-4-6-14(17)7-5-13/h3-9H,10H2,1-2H3,(H3,18,19,20). The highest BCUT2D eigenvalue weighted by atomic mass is 35.5. The Morgan fingerprint density at radius 3 is 2.45 bits per heavy atom. The highest BCUT2D eigenvalue weighted by Crippen LogP contribution is 2.14. The Morgan fingerprint density at radius 1 is 1.10 bits per heavy atom. The van der Waals surface area contributed by atoms with Gasteiger partial charge in [0.15, 0.2) is 5.96 Å². The van der Waals surface area contributed by atoms with Crippen molar-refractivity contribution in [1.29, 1.82) is 0 Å². The van der Waals surface area contributed by atoms with E-state index in [1.165, 1.54) is 11.1 Å². The number of halogens is 1. The number of nitrogens with two attached hydrogens (primary N) is 1. The maximum absolute atomic E-state index is 5.88. The minimum atomic E-state index is 0.406. The van der Waals surface area contributed by atoms with Gasteiger partial charge in [-0.1, -0.05) is 29.8 Å². The first-order valence-corrected chi connectivity index (χ1v) is 6.81. The SMILES string of the molecule is Cc1ccc(NC(N)=NCc2ccc(Cl)cc2)cc1C. The molecule has 0 aliphatic heterocycles. The molecule has 0 spiro atoms. The van der Waals surface area contributed by atoms with Gasteiger partial charge in [0.2, 0.25) is 0 Å². The lowest BCUT2D eigenvalue weighted by molar-refractivity contribution is 1.06. The van der Waals surface area contributed by atoms with Gasteiger partial charge in [0.1, 0.15) is 0 Å². The summed E-state index contributed by atoms with van der Waals surface area (Å²) in [7, 11) is 0. The molecule has 0 bridgehead atoms. The van der Waals surface area contributed by atoms with Gasteiger partial charge in [-0.2, -0.15) is 0 Å². The molecule has 2 aromatic carbocycles. The molecule has 3 nitrogen and oxygen atoms in total. The van der Waals surface area contributed by atoms with Gasteiger partial charge in [0.05, 0.1) is 6.54 Å². The third-order valence-electron chi connectivity index (χ3n) is 3.12. The van der Waals surface area contributed by atoms with Crippen molar-refractivity contribution in [1.82, 2.24) is 0 Å². The second-order valence-corrected chi connectivity index (χ2v) is 5.19. The Balaban J connectivity index is 2.00. The lowest BCUT2D eigenvalue weighted by atomic mass is 10.1. The normalized spacial score (nSPS) is 11.4. The summed E-state index contributed by atoms with van der Waals surface area (Å²) in [5.41, 5.74) is 10.4. The van der Waals surface area contributed by atoms with Crippen LogP contribution in [0.1, 0.15) is 16.7 Å². The van der Waals surface area contributed by atoms with E-state index in [4.69, 9.17) is 17.3 Å². The number of anilines is 1. The Hall–Kier alpha value is -2.00. The molecule has 0 radical (unpaired) electrons. The molecule has 0 aromatic heterocycles. The fourth-order valence-electron chi connectivity index (χ4n) is 1.77. The Morgan fingerprint density at radius 2 is 1.80 bits per heavy atom. The van der Waals surface area contributed by atoms with E-state index < -0.39 is 0 Å². The largest absolute Gasteiger partial charge is 0.370 e. The quantitative estimate of drug-likeness (QED) is 0.665. The number of guanidine groups is 1. The fraction of sp³-hybridized carbons (Fsp3) is 0.188. The van der Waals surface area contributed by atoms with Gasteiger partial charge >= 0.3 is 0 Å². The van der Waals surface area contributed by atoms with Crippen LogP contribution in [0.15, 0.2) is 47.5 Å². The van der Waals surface area contributed by atoms with Crippen molar-refractivity contribution in [3.8, 4) is 0 Å². The number of rotatable bonds is 3. The van der Waals surface area contributed by atoms with E-state index in [1.54, 1.807) is 0 Å². The van der Waals surface area contributed by atoms with Crippen LogP contribution in [0, 0.1) is 13.8 Å². The lowest BCUT2D eigenvalue weighted by Crippen LogP contribution is -2.22. The molecule has 20 heavy (non-hydrogen) atoms. The summed E-state index contributed by atoms with van der Waals surface area (Å²) in [5.74, 6) is 0.406. The van der Waals surface area contributed by atoms with Crippen molar-refractivity contribution in [3.63, 3.8) is 0 Å². The third-order valence-corrected chi connectivity index (χ3v) is 3.38. The zero-order valence-electron chi connectivity index (χ0n) is 11.7. The van der Waals surface area contributed by atoms with Crippen LogP contribution < -0.4 is 11.1 Å². The molecule has 2 aromatic rings. The van der Waals surface area contributed by atoms with Gasteiger partial charge in [-0.25, -0.2) is 4.99 Å². The van der Waals surface area contributed by atoms with Crippen LogP contribution in [0.2, 0.25) is 5.02 Å². The van der Waals surface area contributed by atoms with Gasteiger partial charge in [0.25, 0.3) is 0 Å². The summed E-state index contributed by atoms with van der Waals surface area (Å²) >= 11 is 5.84. The van der Waals surface area contributed by atoms with Crippen molar-refractivity contribution in [3.05, 3.63) is 64.2 Å². The van der Waals surface area contributed by atoms with Crippen molar-refractivity contribution in [2.45, 2.75) is 20.4 Å². The fourth-order valence-corrected chi connectivity index (χ4v) is 1.90. The molecule has 0 aliphatic carbocycles. The molecule has 2 rings (SSSR count). The van der Waals surface area contributed by atoms with Crippen LogP contribution in [-0.4, -0.2) is 5.96 Å². The van der Waals surface area contributed by atoms with Crippen LogP contribution in [-0.2, 0) is 6.54 Å². The number of nitrogens with one attached hydrogen (secondary N) is 1.